The molecule has 0 aliphatic rings. The first-order valence-electron chi connectivity index (χ1n) is 6.03. The van der Waals surface area contributed by atoms with Crippen molar-refractivity contribution < 1.29 is 0 Å². The largest absolute Gasteiger partial charge is 0.382 e. The molecule has 0 aromatic heterocycles. The molecule has 0 amide bonds. The van der Waals surface area contributed by atoms with E-state index in [9.17, 15) is 0 Å². The highest BCUT2D eigenvalue weighted by Crippen LogP contribution is 2.19. The molecule has 1 aromatic rings. The third-order valence-electron chi connectivity index (χ3n) is 2.98. The summed E-state index contributed by atoms with van der Waals surface area (Å²) >= 11 is 0. The smallest absolute Gasteiger partial charge is 0.0374 e. The lowest BCUT2D eigenvalue weighted by Gasteiger charge is -2.23. The van der Waals surface area contributed by atoms with Crippen LogP contribution in [0, 0.1) is 5.92 Å². The van der Waals surface area contributed by atoms with Gasteiger partial charge in [-0.2, -0.15) is 0 Å². The first-order chi connectivity index (χ1) is 7.19. The summed E-state index contributed by atoms with van der Waals surface area (Å²) in [5, 5.41) is 3.65. The third-order valence-corrected chi connectivity index (χ3v) is 2.98. The van der Waals surface area contributed by atoms with E-state index in [0.717, 1.165) is 6.42 Å². The minimum Gasteiger partial charge on any atom is -0.382 e. The maximum absolute atomic E-state index is 3.65. The Morgan fingerprint density at radius 3 is 2.33 bits per heavy atom. The third kappa shape index (κ3) is 3.26. The molecule has 1 unspecified atom stereocenters. The van der Waals surface area contributed by atoms with Crippen molar-refractivity contribution in [3.05, 3.63) is 29.8 Å². The molecule has 0 saturated carbocycles. The maximum Gasteiger partial charge on any atom is 0.0374 e. The zero-order valence-electron chi connectivity index (χ0n) is 10.4. The molecule has 1 atom stereocenters. The quantitative estimate of drug-likeness (QED) is 0.763. The monoisotopic (exact) mass is 205 g/mol. The first kappa shape index (κ1) is 12.1. The van der Waals surface area contributed by atoms with Crippen molar-refractivity contribution >= 4 is 5.69 Å². The van der Waals surface area contributed by atoms with Crippen LogP contribution in [0.3, 0.4) is 0 Å². The van der Waals surface area contributed by atoms with E-state index in [0.29, 0.717) is 12.0 Å². The molecule has 1 nitrogen and oxygen atoms in total. The van der Waals surface area contributed by atoms with Crippen LogP contribution in [0.1, 0.15) is 39.7 Å². The van der Waals surface area contributed by atoms with Crippen molar-refractivity contribution in [2.75, 3.05) is 5.32 Å². The fraction of sp³-hybridized carbons (Fsp3) is 0.571. The predicted molar refractivity (Wildman–Crippen MR) is 68.4 cm³/mol. The summed E-state index contributed by atoms with van der Waals surface area (Å²) in [6.45, 7) is 8.99. The minimum atomic E-state index is 0.581. The number of hydrogen-bond acceptors (Lipinski definition) is 1. The molecule has 0 aliphatic heterocycles. The number of para-hydroxylation sites is 1. The lowest BCUT2D eigenvalue weighted by atomic mass is 10.0. The average Bonchev–Trinajstić information content (AvgIpc) is 2.25. The molecule has 0 radical (unpaired) electrons. The SMILES string of the molecule is CCc1ccccc1NC(CC)C(C)C. The van der Waals surface area contributed by atoms with Gasteiger partial charge in [0, 0.05) is 11.7 Å². The second-order valence-corrected chi connectivity index (χ2v) is 4.41. The van der Waals surface area contributed by atoms with Crippen LogP contribution >= 0.6 is 0 Å². The van der Waals surface area contributed by atoms with Gasteiger partial charge in [-0.05, 0) is 30.4 Å². The number of nitrogens with one attached hydrogen (secondary N) is 1. The molecular weight excluding hydrogens is 182 g/mol. The molecule has 84 valence electrons. The van der Waals surface area contributed by atoms with Crippen molar-refractivity contribution in [1.29, 1.82) is 0 Å². The maximum atomic E-state index is 3.65. The first-order valence-corrected chi connectivity index (χ1v) is 6.03. The Morgan fingerprint density at radius 2 is 1.80 bits per heavy atom. The lowest BCUT2D eigenvalue weighted by molar-refractivity contribution is 0.511. The van der Waals surface area contributed by atoms with Gasteiger partial charge in [0.05, 0.1) is 0 Å². The highest BCUT2D eigenvalue weighted by atomic mass is 14.9. The topological polar surface area (TPSA) is 12.0 Å². The van der Waals surface area contributed by atoms with Crippen molar-refractivity contribution in [3.63, 3.8) is 0 Å². The highest BCUT2D eigenvalue weighted by Gasteiger charge is 2.11. The van der Waals surface area contributed by atoms with Crippen LogP contribution in [-0.2, 0) is 6.42 Å². The van der Waals surface area contributed by atoms with Crippen LogP contribution in [0.25, 0.3) is 0 Å². The summed E-state index contributed by atoms with van der Waals surface area (Å²) in [5.41, 5.74) is 2.72. The van der Waals surface area contributed by atoms with Crippen molar-refractivity contribution in [2.24, 2.45) is 5.92 Å². The van der Waals surface area contributed by atoms with Gasteiger partial charge in [0.2, 0.25) is 0 Å². The van der Waals surface area contributed by atoms with Crippen LogP contribution in [0.2, 0.25) is 0 Å². The van der Waals surface area contributed by atoms with E-state index in [-0.39, 0.29) is 0 Å². The molecule has 0 fully saturated rings. The van der Waals surface area contributed by atoms with Gasteiger partial charge < -0.3 is 5.32 Å². The number of anilines is 1. The lowest BCUT2D eigenvalue weighted by Crippen LogP contribution is -2.25. The van der Waals surface area contributed by atoms with E-state index in [1.165, 1.54) is 17.7 Å². The Bertz CT molecular complexity index is 291. The Kier molecular flexibility index (Phi) is 4.67. The molecule has 0 heterocycles. The second-order valence-electron chi connectivity index (χ2n) is 4.41. The predicted octanol–water partition coefficient (Wildman–Crippen LogP) is 4.10. The second kappa shape index (κ2) is 5.79. The molecule has 15 heavy (non-hydrogen) atoms. The van der Waals surface area contributed by atoms with Crippen LogP contribution in [0.4, 0.5) is 5.69 Å². The molecule has 0 saturated heterocycles. The van der Waals surface area contributed by atoms with Crippen molar-refractivity contribution in [3.8, 4) is 0 Å². The van der Waals surface area contributed by atoms with Gasteiger partial charge >= 0.3 is 0 Å². The van der Waals surface area contributed by atoms with E-state index >= 15 is 0 Å². The Balaban J connectivity index is 2.78. The molecule has 1 heteroatoms. The summed E-state index contributed by atoms with van der Waals surface area (Å²) in [7, 11) is 0. The number of aryl methyl sites for hydroxylation is 1. The van der Waals surface area contributed by atoms with Crippen LogP contribution in [0.15, 0.2) is 24.3 Å². The van der Waals surface area contributed by atoms with Gasteiger partial charge in [0.1, 0.15) is 0 Å². The summed E-state index contributed by atoms with van der Waals surface area (Å²) in [4.78, 5) is 0. The zero-order valence-corrected chi connectivity index (χ0v) is 10.4. The molecule has 1 rings (SSSR count). The molecular formula is C14H23N. The average molecular weight is 205 g/mol. The van der Waals surface area contributed by atoms with Crippen LogP contribution < -0.4 is 5.32 Å². The number of hydrogen-bond donors (Lipinski definition) is 1. The molecule has 0 bridgehead atoms. The standard InChI is InChI=1S/C14H23N/c1-5-12-9-7-8-10-14(12)15-13(6-2)11(3)4/h7-11,13,15H,5-6H2,1-4H3. The molecule has 1 aromatic carbocycles. The number of rotatable bonds is 5. The van der Waals surface area contributed by atoms with E-state index in [1.54, 1.807) is 0 Å². The van der Waals surface area contributed by atoms with E-state index in [2.05, 4.69) is 57.3 Å². The van der Waals surface area contributed by atoms with Crippen LogP contribution in [0.5, 0.6) is 0 Å². The molecule has 0 spiro atoms. The van der Waals surface area contributed by atoms with E-state index in [4.69, 9.17) is 0 Å². The van der Waals surface area contributed by atoms with Gasteiger partial charge in [0.15, 0.2) is 0 Å². The fourth-order valence-corrected chi connectivity index (χ4v) is 1.91. The summed E-state index contributed by atoms with van der Waals surface area (Å²) in [6, 6.07) is 9.19. The fourth-order valence-electron chi connectivity index (χ4n) is 1.91. The van der Waals surface area contributed by atoms with Gasteiger partial charge in [-0.15, -0.1) is 0 Å². The van der Waals surface area contributed by atoms with Gasteiger partial charge in [-0.25, -0.2) is 0 Å². The Labute approximate surface area is 93.9 Å². The van der Waals surface area contributed by atoms with Gasteiger partial charge in [-0.1, -0.05) is 45.9 Å². The van der Waals surface area contributed by atoms with Crippen LogP contribution in [-0.4, -0.2) is 6.04 Å². The normalized spacial score (nSPS) is 12.9. The van der Waals surface area contributed by atoms with Gasteiger partial charge in [-0.3, -0.25) is 0 Å². The van der Waals surface area contributed by atoms with Crippen molar-refractivity contribution in [1.82, 2.24) is 0 Å². The van der Waals surface area contributed by atoms with Crippen molar-refractivity contribution in [2.45, 2.75) is 46.6 Å². The number of benzene rings is 1. The molecule has 0 aliphatic carbocycles. The van der Waals surface area contributed by atoms with E-state index in [1.807, 2.05) is 0 Å². The Morgan fingerprint density at radius 1 is 1.13 bits per heavy atom. The highest BCUT2D eigenvalue weighted by molar-refractivity contribution is 5.51. The summed E-state index contributed by atoms with van der Waals surface area (Å²) < 4.78 is 0. The zero-order chi connectivity index (χ0) is 11.3. The summed E-state index contributed by atoms with van der Waals surface area (Å²) in [5.74, 6) is 0.680. The Hall–Kier alpha value is -0.980. The molecule has 1 N–H and O–H groups in total. The van der Waals surface area contributed by atoms with E-state index < -0.39 is 0 Å². The minimum absolute atomic E-state index is 0.581. The van der Waals surface area contributed by atoms with Gasteiger partial charge in [0.25, 0.3) is 0 Å². The summed E-state index contributed by atoms with van der Waals surface area (Å²) in [6.07, 6.45) is 2.27.